The van der Waals surface area contributed by atoms with Gasteiger partial charge in [0.05, 0.1) is 5.52 Å². The largest absolute Gasteiger partial charge is 0.398 e. The van der Waals surface area contributed by atoms with E-state index in [-0.39, 0.29) is 5.91 Å². The first-order chi connectivity index (χ1) is 8.67. The molecule has 2 N–H and O–H groups in total. The molecule has 0 aliphatic rings. The summed E-state index contributed by atoms with van der Waals surface area (Å²) in [4.78, 5) is 18.3. The maximum absolute atomic E-state index is 12.2. The van der Waals surface area contributed by atoms with E-state index < -0.39 is 0 Å². The van der Waals surface area contributed by atoms with Crippen molar-refractivity contribution in [3.05, 3.63) is 36.0 Å². The Hall–Kier alpha value is -2.10. The van der Waals surface area contributed by atoms with Crippen molar-refractivity contribution >= 4 is 22.5 Å². The van der Waals surface area contributed by atoms with E-state index in [0.717, 1.165) is 10.9 Å². The fraction of sp³-hybridized carbons (Fsp3) is 0.286. The first-order valence-electron chi connectivity index (χ1n) is 6.11. The number of aromatic nitrogens is 1. The van der Waals surface area contributed by atoms with Crippen molar-refractivity contribution in [3.63, 3.8) is 0 Å². The molecule has 0 fully saturated rings. The van der Waals surface area contributed by atoms with E-state index in [2.05, 4.69) is 4.98 Å². The van der Waals surface area contributed by atoms with Crippen molar-refractivity contribution < 1.29 is 4.79 Å². The smallest absolute Gasteiger partial charge is 0.272 e. The lowest BCUT2D eigenvalue weighted by atomic mass is 10.1. The first kappa shape index (κ1) is 12.4. The van der Waals surface area contributed by atoms with Gasteiger partial charge in [0.25, 0.3) is 5.91 Å². The number of carbonyl (C=O) groups excluding carboxylic acids is 1. The summed E-state index contributed by atoms with van der Waals surface area (Å²) in [6.07, 6.45) is 0. The third kappa shape index (κ3) is 2.14. The number of nitrogens with zero attached hydrogens (tertiary/aromatic N) is 2. The van der Waals surface area contributed by atoms with Crippen LogP contribution in [-0.4, -0.2) is 28.9 Å². The summed E-state index contributed by atoms with van der Waals surface area (Å²) in [7, 11) is 0. The number of pyridine rings is 1. The van der Waals surface area contributed by atoms with Gasteiger partial charge in [0.15, 0.2) is 0 Å². The molecule has 1 heterocycles. The monoisotopic (exact) mass is 243 g/mol. The minimum absolute atomic E-state index is 0.0718. The van der Waals surface area contributed by atoms with Crippen molar-refractivity contribution in [1.82, 2.24) is 9.88 Å². The van der Waals surface area contributed by atoms with Crippen LogP contribution in [-0.2, 0) is 0 Å². The maximum Gasteiger partial charge on any atom is 0.272 e. The van der Waals surface area contributed by atoms with Crippen molar-refractivity contribution in [2.24, 2.45) is 0 Å². The number of hydrogen-bond donors (Lipinski definition) is 1. The fourth-order valence-corrected chi connectivity index (χ4v) is 1.98. The number of carbonyl (C=O) groups is 1. The molecule has 4 nitrogen and oxygen atoms in total. The lowest BCUT2D eigenvalue weighted by molar-refractivity contribution is 0.0767. The number of nitrogen functional groups attached to an aromatic ring is 1. The van der Waals surface area contributed by atoms with E-state index in [9.17, 15) is 4.79 Å². The zero-order valence-corrected chi connectivity index (χ0v) is 10.7. The molecule has 1 aromatic heterocycles. The zero-order valence-electron chi connectivity index (χ0n) is 10.7. The molecule has 0 radical (unpaired) electrons. The third-order valence-electron chi connectivity index (χ3n) is 3.02. The highest BCUT2D eigenvalue weighted by Crippen LogP contribution is 2.20. The SMILES string of the molecule is CCN(CC)C(=O)c1cc(N)c2ccccc2n1. The lowest BCUT2D eigenvalue weighted by Crippen LogP contribution is -2.31. The Bertz CT molecular complexity index is 576. The van der Waals surface area contributed by atoms with Gasteiger partial charge < -0.3 is 10.6 Å². The van der Waals surface area contributed by atoms with Gasteiger partial charge in [0, 0.05) is 24.2 Å². The van der Waals surface area contributed by atoms with E-state index in [1.807, 2.05) is 38.1 Å². The minimum atomic E-state index is -0.0718. The average Bonchev–Trinajstić information content (AvgIpc) is 2.40. The van der Waals surface area contributed by atoms with Crippen LogP contribution in [0, 0.1) is 0 Å². The Morgan fingerprint density at radius 1 is 1.28 bits per heavy atom. The van der Waals surface area contributed by atoms with Crippen LogP contribution < -0.4 is 5.73 Å². The van der Waals surface area contributed by atoms with Gasteiger partial charge in [0.1, 0.15) is 5.69 Å². The number of anilines is 1. The van der Waals surface area contributed by atoms with Crippen molar-refractivity contribution in [2.45, 2.75) is 13.8 Å². The van der Waals surface area contributed by atoms with Crippen LogP contribution in [0.1, 0.15) is 24.3 Å². The Balaban J connectivity index is 2.49. The summed E-state index contributed by atoms with van der Waals surface area (Å²) < 4.78 is 0. The molecule has 2 rings (SSSR count). The topological polar surface area (TPSA) is 59.2 Å². The number of amides is 1. The molecule has 0 spiro atoms. The molecule has 0 bridgehead atoms. The summed E-state index contributed by atoms with van der Waals surface area (Å²) in [6.45, 7) is 5.24. The highest BCUT2D eigenvalue weighted by atomic mass is 16.2. The second kappa shape index (κ2) is 5.04. The summed E-state index contributed by atoms with van der Waals surface area (Å²) in [5.74, 6) is -0.0718. The maximum atomic E-state index is 12.2. The Kier molecular flexibility index (Phi) is 3.46. The highest BCUT2D eigenvalue weighted by molar-refractivity contribution is 5.99. The predicted molar refractivity (Wildman–Crippen MR) is 73.4 cm³/mol. The summed E-state index contributed by atoms with van der Waals surface area (Å²) in [6, 6.07) is 9.23. The van der Waals surface area contributed by atoms with Gasteiger partial charge in [-0.3, -0.25) is 4.79 Å². The summed E-state index contributed by atoms with van der Waals surface area (Å²) in [5.41, 5.74) is 7.73. The average molecular weight is 243 g/mol. The van der Waals surface area contributed by atoms with Gasteiger partial charge in [-0.15, -0.1) is 0 Å². The predicted octanol–water partition coefficient (Wildman–Crippen LogP) is 2.30. The normalized spacial score (nSPS) is 10.6. The van der Waals surface area contributed by atoms with Crippen LogP contribution in [0.3, 0.4) is 0 Å². The second-order valence-electron chi connectivity index (χ2n) is 4.09. The molecule has 0 unspecified atom stereocenters. The summed E-state index contributed by atoms with van der Waals surface area (Å²) >= 11 is 0. The molecule has 0 saturated heterocycles. The van der Waals surface area contributed by atoms with Crippen LogP contribution in [0.2, 0.25) is 0 Å². The quantitative estimate of drug-likeness (QED) is 0.899. The van der Waals surface area contributed by atoms with Crippen LogP contribution in [0.4, 0.5) is 5.69 Å². The molecule has 1 aromatic carbocycles. The Morgan fingerprint density at radius 2 is 1.94 bits per heavy atom. The van der Waals surface area contributed by atoms with Crippen LogP contribution in [0.25, 0.3) is 10.9 Å². The van der Waals surface area contributed by atoms with Gasteiger partial charge in [0.2, 0.25) is 0 Å². The highest BCUT2D eigenvalue weighted by Gasteiger charge is 2.15. The Labute approximate surface area is 106 Å². The lowest BCUT2D eigenvalue weighted by Gasteiger charge is -2.18. The third-order valence-corrected chi connectivity index (χ3v) is 3.02. The molecular weight excluding hydrogens is 226 g/mol. The molecule has 0 aliphatic heterocycles. The van der Waals surface area contributed by atoms with E-state index in [1.54, 1.807) is 11.0 Å². The number of rotatable bonds is 3. The van der Waals surface area contributed by atoms with Crippen molar-refractivity contribution in [3.8, 4) is 0 Å². The first-order valence-corrected chi connectivity index (χ1v) is 6.11. The number of fused-ring (bicyclic) bond motifs is 1. The van der Waals surface area contributed by atoms with E-state index >= 15 is 0 Å². The van der Waals surface area contributed by atoms with Gasteiger partial charge in [-0.1, -0.05) is 18.2 Å². The molecular formula is C14H17N3O. The molecule has 0 saturated carbocycles. The van der Waals surface area contributed by atoms with Gasteiger partial charge in [-0.25, -0.2) is 4.98 Å². The zero-order chi connectivity index (χ0) is 13.1. The molecule has 94 valence electrons. The van der Waals surface area contributed by atoms with Crippen molar-refractivity contribution in [1.29, 1.82) is 0 Å². The standard InChI is InChI=1S/C14H17N3O/c1-3-17(4-2)14(18)13-9-11(15)10-7-5-6-8-12(10)16-13/h5-9H,3-4H2,1-2H3,(H2,15,16). The molecule has 18 heavy (non-hydrogen) atoms. The van der Waals surface area contributed by atoms with E-state index in [1.165, 1.54) is 0 Å². The Morgan fingerprint density at radius 3 is 2.61 bits per heavy atom. The number of nitrogens with two attached hydrogens (primary N) is 1. The van der Waals surface area contributed by atoms with Gasteiger partial charge in [-0.05, 0) is 26.0 Å². The number of benzene rings is 1. The van der Waals surface area contributed by atoms with Gasteiger partial charge >= 0.3 is 0 Å². The molecule has 2 aromatic rings. The van der Waals surface area contributed by atoms with Gasteiger partial charge in [-0.2, -0.15) is 0 Å². The van der Waals surface area contributed by atoms with Crippen LogP contribution in [0.5, 0.6) is 0 Å². The fourth-order valence-electron chi connectivity index (χ4n) is 1.98. The molecule has 0 aliphatic carbocycles. The second-order valence-corrected chi connectivity index (χ2v) is 4.09. The van der Waals surface area contributed by atoms with Crippen molar-refractivity contribution in [2.75, 3.05) is 18.8 Å². The van der Waals surface area contributed by atoms with Crippen LogP contribution in [0.15, 0.2) is 30.3 Å². The molecule has 1 amide bonds. The van der Waals surface area contributed by atoms with E-state index in [0.29, 0.717) is 24.5 Å². The number of hydrogen-bond acceptors (Lipinski definition) is 3. The number of para-hydroxylation sites is 1. The summed E-state index contributed by atoms with van der Waals surface area (Å²) in [5, 5.41) is 0.883. The molecule has 0 atom stereocenters. The minimum Gasteiger partial charge on any atom is -0.398 e. The molecule has 4 heteroatoms. The van der Waals surface area contributed by atoms with Crippen LogP contribution >= 0.6 is 0 Å². The van der Waals surface area contributed by atoms with E-state index in [4.69, 9.17) is 5.73 Å².